The van der Waals surface area contributed by atoms with Crippen LogP contribution in [0.3, 0.4) is 0 Å². The van der Waals surface area contributed by atoms with Crippen molar-refractivity contribution in [1.82, 2.24) is 4.57 Å². The molecule has 0 radical (unpaired) electrons. The summed E-state index contributed by atoms with van der Waals surface area (Å²) < 4.78 is 6.27. The zero-order valence-electron chi connectivity index (χ0n) is 11.4. The standard InChI is InChI=1S/C17H13NO3/c1-21-17(20)14-7-8-15-13(11-14)9-10-18(15)16(19)12-5-3-2-4-6-12/h2-11H,1H3. The molecule has 0 saturated heterocycles. The van der Waals surface area contributed by atoms with E-state index in [1.807, 2.05) is 24.3 Å². The summed E-state index contributed by atoms with van der Waals surface area (Å²) in [5.41, 5.74) is 1.85. The minimum atomic E-state index is -0.390. The number of ether oxygens (including phenoxy) is 1. The molecule has 0 bridgehead atoms. The first-order valence-corrected chi connectivity index (χ1v) is 6.50. The third-order valence-corrected chi connectivity index (χ3v) is 3.35. The SMILES string of the molecule is COC(=O)c1ccc2c(ccn2C(=O)c2ccccc2)c1. The number of methoxy groups -OCH3 is 1. The average molecular weight is 279 g/mol. The zero-order valence-corrected chi connectivity index (χ0v) is 11.4. The van der Waals surface area contributed by atoms with E-state index in [-0.39, 0.29) is 11.9 Å². The first-order chi connectivity index (χ1) is 10.2. The highest BCUT2D eigenvalue weighted by Gasteiger charge is 2.13. The van der Waals surface area contributed by atoms with Crippen LogP contribution in [0.4, 0.5) is 0 Å². The molecule has 0 fully saturated rings. The van der Waals surface area contributed by atoms with E-state index in [1.165, 1.54) is 7.11 Å². The molecule has 4 heteroatoms. The number of carbonyl (C=O) groups excluding carboxylic acids is 2. The molecule has 4 nitrogen and oxygen atoms in total. The summed E-state index contributed by atoms with van der Waals surface area (Å²) in [6.07, 6.45) is 1.71. The number of rotatable bonds is 2. The Morgan fingerprint density at radius 1 is 0.952 bits per heavy atom. The lowest BCUT2D eigenvalue weighted by Crippen LogP contribution is -2.10. The summed E-state index contributed by atoms with van der Waals surface area (Å²) in [4.78, 5) is 24.0. The first kappa shape index (κ1) is 13.1. The quantitative estimate of drug-likeness (QED) is 0.677. The Balaban J connectivity index is 2.05. The molecule has 0 atom stereocenters. The van der Waals surface area contributed by atoms with E-state index < -0.39 is 0 Å². The molecule has 0 aliphatic heterocycles. The van der Waals surface area contributed by atoms with Crippen molar-refractivity contribution in [3.05, 3.63) is 71.9 Å². The van der Waals surface area contributed by atoms with Crippen molar-refractivity contribution < 1.29 is 14.3 Å². The van der Waals surface area contributed by atoms with E-state index >= 15 is 0 Å². The summed E-state index contributed by atoms with van der Waals surface area (Å²) in [6, 6.07) is 16.0. The summed E-state index contributed by atoms with van der Waals surface area (Å²) >= 11 is 0. The third-order valence-electron chi connectivity index (χ3n) is 3.35. The summed E-state index contributed by atoms with van der Waals surface area (Å²) in [5, 5.41) is 0.821. The highest BCUT2D eigenvalue weighted by Crippen LogP contribution is 2.19. The van der Waals surface area contributed by atoms with Crippen LogP contribution in [-0.4, -0.2) is 23.6 Å². The van der Waals surface area contributed by atoms with Crippen LogP contribution in [0, 0.1) is 0 Å². The van der Waals surface area contributed by atoms with Gasteiger partial charge in [-0.3, -0.25) is 9.36 Å². The number of carbonyl (C=O) groups is 2. The van der Waals surface area contributed by atoms with Crippen LogP contribution in [0.1, 0.15) is 20.7 Å². The summed E-state index contributed by atoms with van der Waals surface area (Å²) in [7, 11) is 1.34. The van der Waals surface area contributed by atoms with Gasteiger partial charge in [-0.15, -0.1) is 0 Å². The van der Waals surface area contributed by atoms with E-state index in [9.17, 15) is 9.59 Å². The fourth-order valence-electron chi connectivity index (χ4n) is 2.28. The molecule has 0 aliphatic carbocycles. The van der Waals surface area contributed by atoms with Gasteiger partial charge in [0.1, 0.15) is 0 Å². The van der Waals surface area contributed by atoms with Crippen LogP contribution >= 0.6 is 0 Å². The van der Waals surface area contributed by atoms with Gasteiger partial charge in [0.05, 0.1) is 18.2 Å². The molecule has 0 amide bonds. The van der Waals surface area contributed by atoms with Crippen LogP contribution in [0.25, 0.3) is 10.9 Å². The molecule has 0 spiro atoms. The van der Waals surface area contributed by atoms with Gasteiger partial charge in [-0.1, -0.05) is 18.2 Å². The molecule has 1 heterocycles. The molecular formula is C17H13NO3. The molecule has 0 unspecified atom stereocenters. The number of benzene rings is 2. The van der Waals surface area contributed by atoms with Gasteiger partial charge >= 0.3 is 5.97 Å². The lowest BCUT2D eigenvalue weighted by atomic mass is 10.1. The van der Waals surface area contributed by atoms with Crippen LogP contribution in [0.2, 0.25) is 0 Å². The highest BCUT2D eigenvalue weighted by atomic mass is 16.5. The largest absolute Gasteiger partial charge is 0.465 e. The number of hydrogen-bond donors (Lipinski definition) is 0. The lowest BCUT2D eigenvalue weighted by Gasteiger charge is -2.05. The van der Waals surface area contributed by atoms with E-state index in [4.69, 9.17) is 4.74 Å². The summed E-state index contributed by atoms with van der Waals surface area (Å²) in [6.45, 7) is 0. The maximum Gasteiger partial charge on any atom is 0.337 e. The second-order valence-corrected chi connectivity index (χ2v) is 4.62. The topological polar surface area (TPSA) is 48.3 Å². The first-order valence-electron chi connectivity index (χ1n) is 6.50. The predicted molar refractivity (Wildman–Crippen MR) is 79.4 cm³/mol. The Kier molecular flexibility index (Phi) is 3.28. The van der Waals surface area contributed by atoms with Crippen molar-refractivity contribution in [3.8, 4) is 0 Å². The fraction of sp³-hybridized carbons (Fsp3) is 0.0588. The molecule has 3 aromatic rings. The minimum absolute atomic E-state index is 0.101. The molecule has 21 heavy (non-hydrogen) atoms. The zero-order chi connectivity index (χ0) is 14.8. The summed E-state index contributed by atoms with van der Waals surface area (Å²) in [5.74, 6) is -0.490. The van der Waals surface area contributed by atoms with Crippen LogP contribution in [0.5, 0.6) is 0 Å². The third kappa shape index (κ3) is 2.31. The van der Waals surface area contributed by atoms with Crippen LogP contribution < -0.4 is 0 Å². The van der Waals surface area contributed by atoms with Gasteiger partial charge in [0, 0.05) is 17.1 Å². The van der Waals surface area contributed by atoms with Crippen molar-refractivity contribution in [2.45, 2.75) is 0 Å². The van der Waals surface area contributed by atoms with E-state index in [0.29, 0.717) is 11.1 Å². The smallest absolute Gasteiger partial charge is 0.337 e. The molecule has 0 N–H and O–H groups in total. The Hall–Kier alpha value is -2.88. The van der Waals surface area contributed by atoms with Gasteiger partial charge in [-0.25, -0.2) is 4.79 Å². The minimum Gasteiger partial charge on any atom is -0.465 e. The van der Waals surface area contributed by atoms with E-state index in [2.05, 4.69) is 0 Å². The van der Waals surface area contributed by atoms with Gasteiger partial charge < -0.3 is 4.74 Å². The molecule has 0 saturated carbocycles. The average Bonchev–Trinajstić information content (AvgIpc) is 2.97. The Bertz CT molecular complexity index is 818. The maximum atomic E-state index is 12.5. The highest BCUT2D eigenvalue weighted by molar-refractivity contribution is 6.03. The predicted octanol–water partition coefficient (Wildman–Crippen LogP) is 3.12. The van der Waals surface area contributed by atoms with Gasteiger partial charge in [-0.2, -0.15) is 0 Å². The van der Waals surface area contributed by atoms with E-state index in [1.54, 1.807) is 41.1 Å². The Labute approximate surface area is 121 Å². The van der Waals surface area contributed by atoms with Crippen molar-refractivity contribution in [2.24, 2.45) is 0 Å². The normalized spacial score (nSPS) is 10.5. The Morgan fingerprint density at radius 2 is 1.71 bits per heavy atom. The van der Waals surface area contributed by atoms with Crippen molar-refractivity contribution >= 4 is 22.8 Å². The Morgan fingerprint density at radius 3 is 2.43 bits per heavy atom. The second kappa shape index (κ2) is 5.25. The maximum absolute atomic E-state index is 12.5. The number of nitrogens with zero attached hydrogens (tertiary/aromatic N) is 1. The van der Waals surface area contributed by atoms with Crippen LogP contribution in [-0.2, 0) is 4.74 Å². The number of hydrogen-bond acceptors (Lipinski definition) is 3. The number of fused-ring (bicyclic) bond motifs is 1. The molecule has 3 rings (SSSR count). The molecular weight excluding hydrogens is 266 g/mol. The van der Waals surface area contributed by atoms with Crippen molar-refractivity contribution in [3.63, 3.8) is 0 Å². The molecule has 1 aromatic heterocycles. The van der Waals surface area contributed by atoms with Gasteiger partial charge in [0.2, 0.25) is 0 Å². The van der Waals surface area contributed by atoms with Crippen LogP contribution in [0.15, 0.2) is 60.8 Å². The van der Waals surface area contributed by atoms with Crippen molar-refractivity contribution in [2.75, 3.05) is 7.11 Å². The monoisotopic (exact) mass is 279 g/mol. The number of aromatic nitrogens is 1. The lowest BCUT2D eigenvalue weighted by molar-refractivity contribution is 0.0601. The van der Waals surface area contributed by atoms with Crippen molar-refractivity contribution in [1.29, 1.82) is 0 Å². The van der Waals surface area contributed by atoms with Gasteiger partial charge in [0.25, 0.3) is 5.91 Å². The molecule has 0 aliphatic rings. The molecule has 2 aromatic carbocycles. The second-order valence-electron chi connectivity index (χ2n) is 4.62. The number of esters is 1. The van der Waals surface area contributed by atoms with Gasteiger partial charge in [-0.05, 0) is 36.4 Å². The van der Waals surface area contributed by atoms with Gasteiger partial charge in [0.15, 0.2) is 0 Å². The fourth-order valence-corrected chi connectivity index (χ4v) is 2.28. The molecule has 104 valence electrons. The van der Waals surface area contributed by atoms with E-state index in [0.717, 1.165) is 10.9 Å².